The average molecular weight is 484 g/mol. The molecule has 176 valence electrons. The smallest absolute Gasteiger partial charge is 0.231 e. The normalized spacial score (nSPS) is 18.7. The third kappa shape index (κ3) is 3.61. The van der Waals surface area contributed by atoms with Gasteiger partial charge in [-0.15, -0.1) is 0 Å². The van der Waals surface area contributed by atoms with E-state index in [-0.39, 0.29) is 18.9 Å². The molecule has 0 amide bonds. The van der Waals surface area contributed by atoms with Gasteiger partial charge in [-0.1, -0.05) is 12.1 Å². The predicted molar refractivity (Wildman–Crippen MR) is 138 cm³/mol. The van der Waals surface area contributed by atoms with Crippen molar-refractivity contribution < 1.29 is 9.47 Å². The molecule has 0 radical (unpaired) electrons. The minimum atomic E-state index is -0.131. The summed E-state index contributed by atoms with van der Waals surface area (Å²) in [6, 6.07) is 18.0. The zero-order valence-electron chi connectivity index (χ0n) is 19.7. The molecule has 35 heavy (non-hydrogen) atoms. The van der Waals surface area contributed by atoms with Crippen molar-refractivity contribution in [1.82, 2.24) is 19.9 Å². The van der Waals surface area contributed by atoms with Gasteiger partial charge in [-0.3, -0.25) is 4.98 Å². The molecule has 0 unspecified atom stereocenters. The predicted octanol–water partition coefficient (Wildman–Crippen LogP) is 5.10. The molecule has 0 spiro atoms. The molecule has 7 nitrogen and oxygen atoms in total. The zero-order chi connectivity index (χ0) is 24.1. The number of nitrogens with one attached hydrogen (secondary N) is 1. The van der Waals surface area contributed by atoms with Crippen molar-refractivity contribution in [2.24, 2.45) is 0 Å². The van der Waals surface area contributed by atoms with E-state index >= 15 is 0 Å². The Morgan fingerprint density at radius 3 is 2.60 bits per heavy atom. The first-order valence-corrected chi connectivity index (χ1v) is 11.9. The number of hydrogen-bond donors (Lipinski definition) is 1. The van der Waals surface area contributed by atoms with Gasteiger partial charge >= 0.3 is 0 Å². The van der Waals surface area contributed by atoms with E-state index in [2.05, 4.69) is 56.8 Å². The summed E-state index contributed by atoms with van der Waals surface area (Å²) >= 11 is 5.89. The van der Waals surface area contributed by atoms with Crippen LogP contribution in [0, 0.1) is 20.8 Å². The summed E-state index contributed by atoms with van der Waals surface area (Å²) in [5.41, 5.74) is 6.38. The number of hydrogen-bond acceptors (Lipinski definition) is 5. The van der Waals surface area contributed by atoms with Gasteiger partial charge < -0.3 is 24.3 Å². The van der Waals surface area contributed by atoms with E-state index in [1.165, 1.54) is 0 Å². The van der Waals surface area contributed by atoms with Crippen LogP contribution in [0.5, 0.6) is 11.5 Å². The average Bonchev–Trinajstić information content (AvgIpc) is 3.55. The standard InChI is InChI=1S/C27H25N5O2S/c1-16-7-10-24(29-14-16)31-17(2)12-20(18(31)3)26-25(21-6-4-5-11-28-21)30-27(35)32(26)19-8-9-22-23(13-19)34-15-33-22/h4-14,25-26H,15H2,1-3H3,(H,30,35)/t25-,26-/m0/s1. The lowest BCUT2D eigenvalue weighted by molar-refractivity contribution is 0.174. The second kappa shape index (κ2) is 8.39. The molecule has 8 heteroatoms. The van der Waals surface area contributed by atoms with Crippen molar-refractivity contribution in [3.63, 3.8) is 0 Å². The van der Waals surface area contributed by atoms with E-state index in [1.54, 1.807) is 0 Å². The van der Waals surface area contributed by atoms with E-state index in [0.29, 0.717) is 5.11 Å². The number of rotatable bonds is 4. The van der Waals surface area contributed by atoms with Gasteiger partial charge in [-0.05, 0) is 80.5 Å². The van der Waals surface area contributed by atoms with Crippen molar-refractivity contribution in [3.8, 4) is 17.3 Å². The Labute approximate surface area is 209 Å². The Morgan fingerprint density at radius 1 is 0.971 bits per heavy atom. The fourth-order valence-electron chi connectivity index (χ4n) is 5.02. The Bertz CT molecular complexity index is 1420. The molecular weight excluding hydrogens is 458 g/mol. The second-order valence-corrected chi connectivity index (χ2v) is 9.28. The lowest BCUT2D eigenvalue weighted by atomic mass is 9.96. The van der Waals surface area contributed by atoms with Crippen LogP contribution < -0.4 is 19.7 Å². The molecule has 1 fully saturated rings. The van der Waals surface area contributed by atoms with Crippen molar-refractivity contribution in [2.75, 3.05) is 11.7 Å². The monoisotopic (exact) mass is 483 g/mol. The van der Waals surface area contributed by atoms with Crippen LogP contribution in [-0.2, 0) is 0 Å². The number of benzene rings is 1. The van der Waals surface area contributed by atoms with Gasteiger partial charge in [-0.2, -0.15) is 0 Å². The molecule has 2 aliphatic rings. The van der Waals surface area contributed by atoms with Gasteiger partial charge in [-0.25, -0.2) is 4.98 Å². The largest absolute Gasteiger partial charge is 0.454 e. The lowest BCUT2D eigenvalue weighted by Crippen LogP contribution is -2.29. The summed E-state index contributed by atoms with van der Waals surface area (Å²) in [5, 5.41) is 4.18. The van der Waals surface area contributed by atoms with Gasteiger partial charge in [0.1, 0.15) is 5.82 Å². The summed E-state index contributed by atoms with van der Waals surface area (Å²) in [7, 11) is 0. The van der Waals surface area contributed by atoms with E-state index in [1.807, 2.05) is 55.7 Å². The van der Waals surface area contributed by atoms with Gasteiger partial charge in [0.05, 0.1) is 17.8 Å². The van der Waals surface area contributed by atoms with Gasteiger partial charge in [0.15, 0.2) is 16.6 Å². The van der Waals surface area contributed by atoms with Gasteiger partial charge in [0, 0.05) is 35.5 Å². The summed E-state index contributed by atoms with van der Waals surface area (Å²) in [6.45, 7) is 6.52. The number of pyridine rings is 2. The van der Waals surface area contributed by atoms with Crippen molar-refractivity contribution in [3.05, 3.63) is 95.2 Å². The third-order valence-electron chi connectivity index (χ3n) is 6.65. The fraction of sp³-hybridized carbons (Fsp3) is 0.222. The number of aromatic nitrogens is 3. The number of ether oxygens (including phenoxy) is 2. The maximum Gasteiger partial charge on any atom is 0.231 e. The summed E-state index contributed by atoms with van der Waals surface area (Å²) in [5.74, 6) is 2.36. The highest BCUT2D eigenvalue weighted by atomic mass is 32.1. The zero-order valence-corrected chi connectivity index (χ0v) is 20.5. The maximum atomic E-state index is 5.89. The highest BCUT2D eigenvalue weighted by Crippen LogP contribution is 2.45. The molecular formula is C27H25N5O2S. The van der Waals surface area contributed by atoms with E-state index in [0.717, 1.165) is 51.2 Å². The molecule has 0 bridgehead atoms. The molecule has 4 aromatic rings. The minimum Gasteiger partial charge on any atom is -0.454 e. The number of anilines is 1. The van der Waals surface area contributed by atoms with E-state index in [9.17, 15) is 0 Å². The van der Waals surface area contributed by atoms with Gasteiger partial charge in [0.2, 0.25) is 6.79 Å². The van der Waals surface area contributed by atoms with Crippen LogP contribution in [0.2, 0.25) is 0 Å². The molecule has 0 aliphatic carbocycles. The van der Waals surface area contributed by atoms with Gasteiger partial charge in [0.25, 0.3) is 0 Å². The number of nitrogens with zero attached hydrogens (tertiary/aromatic N) is 4. The number of aryl methyl sites for hydroxylation is 2. The molecule has 1 saturated heterocycles. The Kier molecular flexibility index (Phi) is 5.18. The lowest BCUT2D eigenvalue weighted by Gasteiger charge is -2.28. The Morgan fingerprint density at radius 2 is 1.83 bits per heavy atom. The molecule has 3 aromatic heterocycles. The number of fused-ring (bicyclic) bond motifs is 1. The van der Waals surface area contributed by atoms with Crippen molar-refractivity contribution in [2.45, 2.75) is 32.9 Å². The summed E-state index contributed by atoms with van der Waals surface area (Å²) in [6.07, 6.45) is 3.72. The van der Waals surface area contributed by atoms with Crippen LogP contribution in [0.1, 0.15) is 40.3 Å². The summed E-state index contributed by atoms with van der Waals surface area (Å²) < 4.78 is 13.4. The topological polar surface area (TPSA) is 64.4 Å². The third-order valence-corrected chi connectivity index (χ3v) is 6.96. The molecule has 2 atom stereocenters. The number of thiocarbonyl (C=S) groups is 1. The van der Waals surface area contributed by atoms with E-state index in [4.69, 9.17) is 21.7 Å². The Balaban J connectivity index is 1.51. The van der Waals surface area contributed by atoms with Crippen LogP contribution in [-0.4, -0.2) is 26.4 Å². The van der Waals surface area contributed by atoms with Crippen LogP contribution in [0.4, 0.5) is 5.69 Å². The molecule has 1 aromatic carbocycles. The van der Waals surface area contributed by atoms with Crippen molar-refractivity contribution >= 4 is 23.0 Å². The molecule has 0 saturated carbocycles. The van der Waals surface area contributed by atoms with Crippen LogP contribution in [0.25, 0.3) is 5.82 Å². The van der Waals surface area contributed by atoms with Crippen LogP contribution >= 0.6 is 12.2 Å². The highest BCUT2D eigenvalue weighted by Gasteiger charge is 2.42. The van der Waals surface area contributed by atoms with Crippen LogP contribution in [0.3, 0.4) is 0 Å². The van der Waals surface area contributed by atoms with Crippen LogP contribution in [0.15, 0.2) is 67.0 Å². The molecule has 1 N–H and O–H groups in total. The van der Waals surface area contributed by atoms with Crippen molar-refractivity contribution in [1.29, 1.82) is 0 Å². The molecule has 2 aliphatic heterocycles. The second-order valence-electron chi connectivity index (χ2n) is 8.89. The molecule has 6 rings (SSSR count). The van der Waals surface area contributed by atoms with E-state index < -0.39 is 0 Å². The minimum absolute atomic E-state index is 0.122. The Hall–Kier alpha value is -3.91. The quantitative estimate of drug-likeness (QED) is 0.405. The first-order valence-electron chi connectivity index (χ1n) is 11.5. The summed E-state index contributed by atoms with van der Waals surface area (Å²) in [4.78, 5) is 11.5. The fourth-order valence-corrected chi connectivity index (χ4v) is 5.36. The molecule has 5 heterocycles. The first-order chi connectivity index (χ1) is 17.0. The highest BCUT2D eigenvalue weighted by molar-refractivity contribution is 7.80. The first kappa shape index (κ1) is 21.6. The maximum absolute atomic E-state index is 5.89. The SMILES string of the molecule is Cc1ccc(-n2c(C)cc([C@H]3[C@H](c4ccccn4)NC(=S)N3c3ccc4c(c3)OCO4)c2C)nc1.